The largest absolute Gasteiger partial charge is 0.497 e. The fourth-order valence-electron chi connectivity index (χ4n) is 2.67. The van der Waals surface area contributed by atoms with E-state index in [2.05, 4.69) is 17.2 Å². The molecule has 0 saturated heterocycles. The van der Waals surface area contributed by atoms with Crippen molar-refractivity contribution in [2.24, 2.45) is 0 Å². The van der Waals surface area contributed by atoms with Crippen LogP contribution in [0.25, 0.3) is 10.9 Å². The van der Waals surface area contributed by atoms with E-state index in [9.17, 15) is 4.79 Å². The number of H-pyrrole nitrogens is 1. The number of amides is 1. The van der Waals surface area contributed by atoms with Gasteiger partial charge in [-0.1, -0.05) is 6.07 Å². The third kappa shape index (κ3) is 2.80. The van der Waals surface area contributed by atoms with Gasteiger partial charge in [-0.3, -0.25) is 4.79 Å². The molecule has 0 aliphatic rings. The quantitative estimate of drug-likeness (QED) is 0.755. The minimum absolute atomic E-state index is 0.138. The predicted octanol–water partition coefficient (Wildman–Crippen LogP) is 4.35. The van der Waals surface area contributed by atoms with Crippen LogP contribution in [0.2, 0.25) is 0 Å². The Morgan fingerprint density at radius 3 is 2.52 bits per heavy atom. The van der Waals surface area contributed by atoms with Crippen molar-refractivity contribution in [3.05, 3.63) is 58.8 Å². The Morgan fingerprint density at radius 1 is 1.04 bits per heavy atom. The Labute approximate surface area is 135 Å². The molecule has 4 nitrogen and oxygen atoms in total. The molecule has 2 N–H and O–H groups in total. The van der Waals surface area contributed by atoms with Crippen molar-refractivity contribution in [2.75, 3.05) is 12.4 Å². The van der Waals surface area contributed by atoms with Gasteiger partial charge in [0.1, 0.15) is 11.4 Å². The number of aromatic amines is 1. The molecule has 23 heavy (non-hydrogen) atoms. The molecule has 1 amide bonds. The van der Waals surface area contributed by atoms with Crippen molar-refractivity contribution in [3.63, 3.8) is 0 Å². The van der Waals surface area contributed by atoms with E-state index in [-0.39, 0.29) is 5.91 Å². The van der Waals surface area contributed by atoms with E-state index in [4.69, 9.17) is 4.74 Å². The summed E-state index contributed by atoms with van der Waals surface area (Å²) in [7, 11) is 1.64. The second kappa shape index (κ2) is 5.80. The fraction of sp³-hybridized carbons (Fsp3) is 0.211. The van der Waals surface area contributed by atoms with Gasteiger partial charge in [0.15, 0.2) is 0 Å². The number of ether oxygens (including phenoxy) is 1. The van der Waals surface area contributed by atoms with Gasteiger partial charge in [-0.2, -0.15) is 0 Å². The summed E-state index contributed by atoms with van der Waals surface area (Å²) in [6.07, 6.45) is 0. The maximum Gasteiger partial charge on any atom is 0.272 e. The number of rotatable bonds is 3. The van der Waals surface area contributed by atoms with E-state index in [0.717, 1.165) is 33.5 Å². The van der Waals surface area contributed by atoms with Gasteiger partial charge in [-0.25, -0.2) is 0 Å². The Balaban J connectivity index is 1.94. The SMILES string of the molecule is COc1ccc2[nH]c(C(=O)Nc3ccc(C)c(C)c3)c(C)c2c1. The van der Waals surface area contributed by atoms with Gasteiger partial charge in [-0.15, -0.1) is 0 Å². The first-order valence-corrected chi connectivity index (χ1v) is 7.54. The van der Waals surface area contributed by atoms with E-state index in [1.165, 1.54) is 5.56 Å². The number of hydrogen-bond acceptors (Lipinski definition) is 2. The molecule has 1 aromatic heterocycles. The van der Waals surface area contributed by atoms with Crippen LogP contribution in [0.4, 0.5) is 5.69 Å². The lowest BCUT2D eigenvalue weighted by Crippen LogP contribution is -2.13. The van der Waals surface area contributed by atoms with Crippen LogP contribution in [0.3, 0.4) is 0 Å². The normalized spacial score (nSPS) is 10.8. The number of methoxy groups -OCH3 is 1. The summed E-state index contributed by atoms with van der Waals surface area (Å²) in [4.78, 5) is 15.8. The maximum absolute atomic E-state index is 12.6. The molecule has 0 atom stereocenters. The third-order valence-corrected chi connectivity index (χ3v) is 4.26. The molecule has 0 bridgehead atoms. The number of nitrogens with one attached hydrogen (secondary N) is 2. The molecule has 0 fully saturated rings. The molecule has 3 rings (SSSR count). The molecule has 118 valence electrons. The first-order valence-electron chi connectivity index (χ1n) is 7.54. The average molecular weight is 308 g/mol. The summed E-state index contributed by atoms with van der Waals surface area (Å²) in [6, 6.07) is 11.6. The van der Waals surface area contributed by atoms with Gasteiger partial charge in [0.2, 0.25) is 0 Å². The molecule has 0 saturated carbocycles. The predicted molar refractivity (Wildman–Crippen MR) is 93.5 cm³/mol. The summed E-state index contributed by atoms with van der Waals surface area (Å²) in [6.45, 7) is 6.02. The fourth-order valence-corrected chi connectivity index (χ4v) is 2.67. The van der Waals surface area contributed by atoms with E-state index in [1.54, 1.807) is 7.11 Å². The van der Waals surface area contributed by atoms with Crippen LogP contribution in [-0.4, -0.2) is 18.0 Å². The highest BCUT2D eigenvalue weighted by atomic mass is 16.5. The van der Waals surface area contributed by atoms with E-state index in [0.29, 0.717) is 5.69 Å². The molecule has 3 aromatic rings. The Hall–Kier alpha value is -2.75. The van der Waals surface area contributed by atoms with Gasteiger partial charge in [0, 0.05) is 16.6 Å². The summed E-state index contributed by atoms with van der Waals surface area (Å²) >= 11 is 0. The molecular weight excluding hydrogens is 288 g/mol. The zero-order chi connectivity index (χ0) is 16.6. The van der Waals surface area contributed by atoms with Crippen LogP contribution < -0.4 is 10.1 Å². The summed E-state index contributed by atoms with van der Waals surface area (Å²) in [5, 5.41) is 3.95. The maximum atomic E-state index is 12.6. The minimum atomic E-state index is -0.138. The number of aromatic nitrogens is 1. The summed E-state index contributed by atoms with van der Waals surface area (Å²) in [5.74, 6) is 0.640. The second-order valence-electron chi connectivity index (χ2n) is 5.79. The van der Waals surface area contributed by atoms with Crippen molar-refractivity contribution < 1.29 is 9.53 Å². The molecular formula is C19H20N2O2. The lowest BCUT2D eigenvalue weighted by molar-refractivity contribution is 0.102. The van der Waals surface area contributed by atoms with E-state index >= 15 is 0 Å². The van der Waals surface area contributed by atoms with Gasteiger partial charge in [0.25, 0.3) is 5.91 Å². The topological polar surface area (TPSA) is 54.1 Å². The van der Waals surface area contributed by atoms with Crippen LogP contribution in [0.5, 0.6) is 5.75 Å². The van der Waals surface area contributed by atoms with Crippen molar-refractivity contribution in [2.45, 2.75) is 20.8 Å². The minimum Gasteiger partial charge on any atom is -0.497 e. The van der Waals surface area contributed by atoms with E-state index in [1.807, 2.05) is 50.2 Å². The number of aryl methyl sites for hydroxylation is 3. The Kier molecular flexibility index (Phi) is 3.82. The highest BCUT2D eigenvalue weighted by molar-refractivity contribution is 6.08. The molecule has 0 spiro atoms. The lowest BCUT2D eigenvalue weighted by Gasteiger charge is -2.07. The third-order valence-electron chi connectivity index (χ3n) is 4.26. The Morgan fingerprint density at radius 2 is 1.83 bits per heavy atom. The van der Waals surface area contributed by atoms with Crippen LogP contribution in [0.15, 0.2) is 36.4 Å². The van der Waals surface area contributed by atoms with Gasteiger partial charge < -0.3 is 15.0 Å². The second-order valence-corrected chi connectivity index (χ2v) is 5.79. The highest BCUT2D eigenvalue weighted by Gasteiger charge is 2.15. The van der Waals surface area contributed by atoms with Crippen LogP contribution in [-0.2, 0) is 0 Å². The summed E-state index contributed by atoms with van der Waals surface area (Å²) < 4.78 is 5.25. The molecule has 1 heterocycles. The number of carbonyl (C=O) groups is 1. The first-order chi connectivity index (χ1) is 11.0. The van der Waals surface area contributed by atoms with Crippen molar-refractivity contribution in [1.82, 2.24) is 4.98 Å². The highest BCUT2D eigenvalue weighted by Crippen LogP contribution is 2.26. The smallest absolute Gasteiger partial charge is 0.272 e. The Bertz CT molecular complexity index is 894. The van der Waals surface area contributed by atoms with Gasteiger partial charge in [0.05, 0.1) is 7.11 Å². The number of fused-ring (bicyclic) bond motifs is 1. The standard InChI is InChI=1S/C19H20N2O2/c1-11-5-6-14(9-12(11)2)20-19(22)18-13(3)16-10-15(23-4)7-8-17(16)21-18/h5-10,21H,1-4H3,(H,20,22). The van der Waals surface area contributed by atoms with Crippen molar-refractivity contribution in [3.8, 4) is 5.75 Å². The van der Waals surface area contributed by atoms with Crippen LogP contribution >= 0.6 is 0 Å². The number of carbonyl (C=O) groups excluding carboxylic acids is 1. The number of anilines is 1. The molecule has 0 unspecified atom stereocenters. The average Bonchev–Trinajstić information content (AvgIpc) is 2.87. The van der Waals surface area contributed by atoms with Crippen LogP contribution in [0, 0.1) is 20.8 Å². The van der Waals surface area contributed by atoms with Crippen LogP contribution in [0.1, 0.15) is 27.2 Å². The molecule has 0 radical (unpaired) electrons. The van der Waals surface area contributed by atoms with Gasteiger partial charge >= 0.3 is 0 Å². The van der Waals surface area contributed by atoms with Crippen molar-refractivity contribution >= 4 is 22.5 Å². The monoisotopic (exact) mass is 308 g/mol. The van der Waals surface area contributed by atoms with Gasteiger partial charge in [-0.05, 0) is 67.8 Å². The lowest BCUT2D eigenvalue weighted by atomic mass is 10.1. The molecule has 2 aromatic carbocycles. The molecule has 4 heteroatoms. The number of hydrogen-bond donors (Lipinski definition) is 2. The molecule has 0 aliphatic heterocycles. The summed E-state index contributed by atoms with van der Waals surface area (Å²) in [5.41, 5.74) is 5.58. The molecule has 0 aliphatic carbocycles. The number of benzene rings is 2. The van der Waals surface area contributed by atoms with Crippen molar-refractivity contribution in [1.29, 1.82) is 0 Å². The zero-order valence-corrected chi connectivity index (χ0v) is 13.8. The van der Waals surface area contributed by atoms with E-state index < -0.39 is 0 Å². The zero-order valence-electron chi connectivity index (χ0n) is 13.8. The first kappa shape index (κ1) is 15.2.